The van der Waals surface area contributed by atoms with Crippen molar-refractivity contribution >= 4 is 11.6 Å². The molecule has 1 aromatic rings. The first kappa shape index (κ1) is 11.3. The van der Waals surface area contributed by atoms with Gasteiger partial charge >= 0.3 is 6.18 Å². The molecule has 0 aliphatic rings. The maximum Gasteiger partial charge on any atom is 0.410 e. The monoisotopic (exact) mass is 225 g/mol. The van der Waals surface area contributed by atoms with Crippen LogP contribution in [0.15, 0.2) is 24.3 Å². The molecule has 0 amide bonds. The summed E-state index contributed by atoms with van der Waals surface area (Å²) in [5.41, 5.74) is 1.12. The Labute approximate surface area is 83.3 Å². The minimum Gasteiger partial charge on any atom is -0.316 e. The fourth-order valence-corrected chi connectivity index (χ4v) is 1.12. The third-order valence-corrected chi connectivity index (χ3v) is 1.91. The summed E-state index contributed by atoms with van der Waals surface area (Å²) >= 11 is 5.51. The largest absolute Gasteiger partial charge is 0.410 e. The van der Waals surface area contributed by atoms with Gasteiger partial charge in [-0.05, 0) is 17.7 Å². The molecule has 0 fully saturated rings. The summed E-state index contributed by atoms with van der Waals surface area (Å²) in [5.74, 6) is 0. The van der Waals surface area contributed by atoms with Crippen molar-refractivity contribution in [2.45, 2.75) is 12.2 Å². The second-order valence-electron chi connectivity index (χ2n) is 2.66. The standard InChI is InChI=1S/C8H7ClF3NO/c9-6-3-1-5(2-4-6)7(13-14)8(10,11)12/h1-4,7,13-14H. The van der Waals surface area contributed by atoms with Gasteiger partial charge in [-0.2, -0.15) is 18.7 Å². The Morgan fingerprint density at radius 2 is 1.71 bits per heavy atom. The topological polar surface area (TPSA) is 32.3 Å². The number of alkyl halides is 3. The number of hydrogen-bond acceptors (Lipinski definition) is 2. The quantitative estimate of drug-likeness (QED) is 0.759. The molecule has 2 nitrogen and oxygen atoms in total. The van der Waals surface area contributed by atoms with Crippen LogP contribution in [0.4, 0.5) is 13.2 Å². The highest BCUT2D eigenvalue weighted by Gasteiger charge is 2.40. The van der Waals surface area contributed by atoms with E-state index in [0.29, 0.717) is 5.02 Å². The minimum atomic E-state index is -4.54. The lowest BCUT2D eigenvalue weighted by molar-refractivity contribution is -0.178. The van der Waals surface area contributed by atoms with Gasteiger partial charge in [0.05, 0.1) is 0 Å². The van der Waals surface area contributed by atoms with Crippen molar-refractivity contribution in [2.75, 3.05) is 0 Å². The van der Waals surface area contributed by atoms with Gasteiger partial charge in [0.1, 0.15) is 0 Å². The summed E-state index contributed by atoms with van der Waals surface area (Å²) in [4.78, 5) is 0. The Kier molecular flexibility index (Phi) is 3.36. The Morgan fingerprint density at radius 1 is 1.21 bits per heavy atom. The predicted octanol–water partition coefficient (Wildman–Crippen LogP) is 2.92. The van der Waals surface area contributed by atoms with E-state index in [9.17, 15) is 13.2 Å². The van der Waals surface area contributed by atoms with Crippen molar-refractivity contribution in [3.63, 3.8) is 0 Å². The molecule has 2 N–H and O–H groups in total. The van der Waals surface area contributed by atoms with E-state index < -0.39 is 12.2 Å². The first-order valence-corrected chi connectivity index (χ1v) is 4.04. The summed E-state index contributed by atoms with van der Waals surface area (Å²) in [6, 6.07) is 2.97. The van der Waals surface area contributed by atoms with E-state index in [0.717, 1.165) is 0 Å². The molecule has 0 saturated heterocycles. The highest BCUT2D eigenvalue weighted by Crippen LogP contribution is 2.32. The number of halogens is 4. The summed E-state index contributed by atoms with van der Waals surface area (Å²) in [6.07, 6.45) is -4.54. The molecule has 0 aromatic heterocycles. The minimum absolute atomic E-state index is 0.0931. The van der Waals surface area contributed by atoms with Crippen LogP contribution in [0.5, 0.6) is 0 Å². The fourth-order valence-electron chi connectivity index (χ4n) is 0.992. The molecular weight excluding hydrogens is 219 g/mol. The lowest BCUT2D eigenvalue weighted by Gasteiger charge is -2.18. The van der Waals surface area contributed by atoms with Crippen LogP contribution in [0.2, 0.25) is 5.02 Å². The van der Waals surface area contributed by atoms with Crippen molar-refractivity contribution in [1.82, 2.24) is 5.48 Å². The second-order valence-corrected chi connectivity index (χ2v) is 3.09. The van der Waals surface area contributed by atoms with Crippen molar-refractivity contribution in [3.8, 4) is 0 Å². The zero-order chi connectivity index (χ0) is 10.8. The van der Waals surface area contributed by atoms with E-state index >= 15 is 0 Å². The highest BCUT2D eigenvalue weighted by atomic mass is 35.5. The van der Waals surface area contributed by atoms with Crippen LogP contribution in [0.3, 0.4) is 0 Å². The van der Waals surface area contributed by atoms with Crippen LogP contribution in [0.1, 0.15) is 11.6 Å². The van der Waals surface area contributed by atoms with Crippen molar-refractivity contribution < 1.29 is 18.4 Å². The fraction of sp³-hybridized carbons (Fsp3) is 0.250. The van der Waals surface area contributed by atoms with Crippen molar-refractivity contribution in [3.05, 3.63) is 34.9 Å². The van der Waals surface area contributed by atoms with E-state index in [4.69, 9.17) is 16.8 Å². The van der Waals surface area contributed by atoms with Crippen LogP contribution in [-0.2, 0) is 0 Å². The molecule has 0 heterocycles. The molecule has 0 bridgehead atoms. The second kappa shape index (κ2) is 4.16. The Morgan fingerprint density at radius 3 is 2.07 bits per heavy atom. The first-order chi connectivity index (χ1) is 6.45. The van der Waals surface area contributed by atoms with Crippen LogP contribution in [-0.4, -0.2) is 11.4 Å². The molecule has 1 atom stereocenters. The predicted molar refractivity (Wildman–Crippen MR) is 45.2 cm³/mol. The molecule has 0 aliphatic carbocycles. The summed E-state index contributed by atoms with van der Waals surface area (Å²) in [7, 11) is 0. The molecule has 1 rings (SSSR count). The summed E-state index contributed by atoms with van der Waals surface area (Å²) < 4.78 is 36.8. The smallest absolute Gasteiger partial charge is 0.316 e. The molecule has 1 aromatic carbocycles. The molecule has 78 valence electrons. The van der Waals surface area contributed by atoms with Gasteiger partial charge in [-0.1, -0.05) is 23.7 Å². The van der Waals surface area contributed by atoms with Crippen LogP contribution in [0, 0.1) is 0 Å². The zero-order valence-corrected chi connectivity index (χ0v) is 7.60. The number of benzene rings is 1. The number of nitrogens with one attached hydrogen (secondary N) is 1. The zero-order valence-electron chi connectivity index (χ0n) is 6.85. The molecule has 14 heavy (non-hydrogen) atoms. The van der Waals surface area contributed by atoms with Gasteiger partial charge in [0.2, 0.25) is 0 Å². The Hall–Kier alpha value is -0.780. The van der Waals surface area contributed by atoms with Crippen LogP contribution >= 0.6 is 11.6 Å². The molecule has 0 aliphatic heterocycles. The maximum absolute atomic E-state index is 12.3. The highest BCUT2D eigenvalue weighted by molar-refractivity contribution is 6.30. The van der Waals surface area contributed by atoms with Crippen molar-refractivity contribution in [1.29, 1.82) is 0 Å². The number of hydrogen-bond donors (Lipinski definition) is 2. The SMILES string of the molecule is ONC(c1ccc(Cl)cc1)C(F)(F)F. The van der Waals surface area contributed by atoms with Crippen LogP contribution < -0.4 is 5.48 Å². The molecule has 0 saturated carbocycles. The lowest BCUT2D eigenvalue weighted by Crippen LogP contribution is -2.31. The average molecular weight is 226 g/mol. The van der Waals surface area contributed by atoms with E-state index in [1.54, 1.807) is 0 Å². The number of hydroxylamine groups is 1. The van der Waals surface area contributed by atoms with Gasteiger partial charge in [-0.25, -0.2) is 0 Å². The van der Waals surface area contributed by atoms with E-state index in [-0.39, 0.29) is 5.56 Å². The van der Waals surface area contributed by atoms with E-state index in [1.165, 1.54) is 29.7 Å². The lowest BCUT2D eigenvalue weighted by atomic mass is 10.1. The summed E-state index contributed by atoms with van der Waals surface area (Å²) in [5, 5.41) is 8.72. The Bertz CT molecular complexity index is 298. The third-order valence-electron chi connectivity index (χ3n) is 1.66. The van der Waals surface area contributed by atoms with E-state index in [2.05, 4.69) is 0 Å². The maximum atomic E-state index is 12.3. The molecule has 0 spiro atoms. The molecule has 1 unspecified atom stereocenters. The van der Waals surface area contributed by atoms with Gasteiger partial charge in [-0.15, -0.1) is 0 Å². The van der Waals surface area contributed by atoms with Crippen LogP contribution in [0.25, 0.3) is 0 Å². The van der Waals surface area contributed by atoms with Gasteiger partial charge in [0.15, 0.2) is 6.04 Å². The normalized spacial score (nSPS) is 14.1. The van der Waals surface area contributed by atoms with Gasteiger partial charge in [0, 0.05) is 5.02 Å². The van der Waals surface area contributed by atoms with Gasteiger partial charge < -0.3 is 5.21 Å². The van der Waals surface area contributed by atoms with Crippen molar-refractivity contribution in [2.24, 2.45) is 0 Å². The Balaban J connectivity index is 2.96. The average Bonchev–Trinajstić information content (AvgIpc) is 2.07. The molecule has 0 radical (unpaired) electrons. The van der Waals surface area contributed by atoms with Gasteiger partial charge in [-0.3, -0.25) is 0 Å². The first-order valence-electron chi connectivity index (χ1n) is 3.67. The van der Waals surface area contributed by atoms with E-state index in [1.807, 2.05) is 0 Å². The third kappa shape index (κ3) is 2.60. The molecular formula is C8H7ClF3NO. The van der Waals surface area contributed by atoms with Gasteiger partial charge in [0.25, 0.3) is 0 Å². The summed E-state index contributed by atoms with van der Waals surface area (Å²) in [6.45, 7) is 0. The molecule has 6 heteroatoms. The number of rotatable bonds is 2.